The molecule has 0 amide bonds. The molecule has 0 heterocycles. The lowest BCUT2D eigenvalue weighted by Gasteiger charge is -2.20. The summed E-state index contributed by atoms with van der Waals surface area (Å²) in [5, 5.41) is 3.59. The van der Waals surface area contributed by atoms with Crippen LogP contribution in [0.25, 0.3) is 0 Å². The standard InChI is InChI=1S/C17H18BrN/c18-15-10-8-13(9-11-15)12-19-17-7-3-5-14-4-1-2-6-16(14)17/h3,5,7-11,19H,1-2,4,6,12H2. The van der Waals surface area contributed by atoms with Gasteiger partial charge in [-0.1, -0.05) is 40.2 Å². The highest BCUT2D eigenvalue weighted by atomic mass is 79.9. The molecule has 0 aromatic heterocycles. The normalized spacial score (nSPS) is 13.9. The number of rotatable bonds is 3. The van der Waals surface area contributed by atoms with Crippen LogP contribution in [-0.4, -0.2) is 0 Å². The largest absolute Gasteiger partial charge is 0.381 e. The maximum absolute atomic E-state index is 3.59. The molecule has 1 nitrogen and oxygen atoms in total. The number of benzene rings is 2. The summed E-state index contributed by atoms with van der Waals surface area (Å²) in [5.74, 6) is 0. The number of nitrogens with one attached hydrogen (secondary N) is 1. The number of fused-ring (bicyclic) bond motifs is 1. The summed E-state index contributed by atoms with van der Waals surface area (Å²) in [5.41, 5.74) is 5.70. The Balaban J connectivity index is 1.75. The third-order valence-corrected chi connectivity index (χ3v) is 4.32. The Morgan fingerprint density at radius 1 is 0.947 bits per heavy atom. The second kappa shape index (κ2) is 5.79. The smallest absolute Gasteiger partial charge is 0.0400 e. The molecule has 3 rings (SSSR count). The van der Waals surface area contributed by atoms with Crippen molar-refractivity contribution in [2.45, 2.75) is 32.2 Å². The van der Waals surface area contributed by atoms with E-state index >= 15 is 0 Å². The second-order valence-corrected chi connectivity index (χ2v) is 6.05. The third-order valence-electron chi connectivity index (χ3n) is 3.79. The van der Waals surface area contributed by atoms with Crippen molar-refractivity contribution in [3.05, 3.63) is 63.6 Å². The molecule has 1 N–H and O–H groups in total. The van der Waals surface area contributed by atoms with Gasteiger partial charge in [0, 0.05) is 16.7 Å². The number of anilines is 1. The topological polar surface area (TPSA) is 12.0 Å². The Hall–Kier alpha value is -1.28. The van der Waals surface area contributed by atoms with E-state index in [-0.39, 0.29) is 0 Å². The van der Waals surface area contributed by atoms with Crippen molar-refractivity contribution in [3.63, 3.8) is 0 Å². The van der Waals surface area contributed by atoms with Gasteiger partial charge in [0.2, 0.25) is 0 Å². The number of hydrogen-bond acceptors (Lipinski definition) is 1. The fraction of sp³-hybridized carbons (Fsp3) is 0.294. The lowest BCUT2D eigenvalue weighted by Crippen LogP contribution is -2.08. The molecule has 0 saturated heterocycles. The van der Waals surface area contributed by atoms with Gasteiger partial charge in [0.15, 0.2) is 0 Å². The Labute approximate surface area is 123 Å². The molecular formula is C17H18BrN. The first kappa shape index (κ1) is 12.7. The second-order valence-electron chi connectivity index (χ2n) is 5.13. The zero-order valence-corrected chi connectivity index (χ0v) is 12.5. The molecule has 2 aromatic rings. The highest BCUT2D eigenvalue weighted by Gasteiger charge is 2.12. The van der Waals surface area contributed by atoms with E-state index in [1.54, 1.807) is 0 Å². The van der Waals surface area contributed by atoms with E-state index in [1.165, 1.54) is 48.1 Å². The quantitative estimate of drug-likeness (QED) is 0.846. The summed E-state index contributed by atoms with van der Waals surface area (Å²) in [4.78, 5) is 0. The predicted octanol–water partition coefficient (Wildman–Crippen LogP) is 4.94. The van der Waals surface area contributed by atoms with Gasteiger partial charge in [-0.05, 0) is 60.6 Å². The average molecular weight is 316 g/mol. The van der Waals surface area contributed by atoms with Crippen LogP contribution in [0.2, 0.25) is 0 Å². The summed E-state index contributed by atoms with van der Waals surface area (Å²) in [6.07, 6.45) is 5.12. The summed E-state index contributed by atoms with van der Waals surface area (Å²) < 4.78 is 1.13. The summed E-state index contributed by atoms with van der Waals surface area (Å²) in [6.45, 7) is 0.893. The van der Waals surface area contributed by atoms with Gasteiger partial charge in [-0.2, -0.15) is 0 Å². The highest BCUT2D eigenvalue weighted by Crippen LogP contribution is 2.28. The fourth-order valence-corrected chi connectivity index (χ4v) is 3.01. The molecule has 98 valence electrons. The Morgan fingerprint density at radius 2 is 1.74 bits per heavy atom. The molecule has 2 aromatic carbocycles. The molecule has 0 fully saturated rings. The third kappa shape index (κ3) is 3.01. The van der Waals surface area contributed by atoms with E-state index in [1.807, 2.05) is 0 Å². The van der Waals surface area contributed by atoms with Gasteiger partial charge in [0.25, 0.3) is 0 Å². The lowest BCUT2D eigenvalue weighted by atomic mass is 9.90. The molecule has 1 aliphatic rings. The van der Waals surface area contributed by atoms with Crippen LogP contribution in [0.5, 0.6) is 0 Å². The summed E-state index contributed by atoms with van der Waals surface area (Å²) in [6, 6.07) is 15.2. The first-order chi connectivity index (χ1) is 9.33. The Morgan fingerprint density at radius 3 is 2.58 bits per heavy atom. The van der Waals surface area contributed by atoms with Crippen LogP contribution < -0.4 is 5.32 Å². The van der Waals surface area contributed by atoms with Crippen LogP contribution in [0.4, 0.5) is 5.69 Å². The summed E-state index contributed by atoms with van der Waals surface area (Å²) in [7, 11) is 0. The molecule has 0 radical (unpaired) electrons. The van der Waals surface area contributed by atoms with Crippen molar-refractivity contribution in [2.24, 2.45) is 0 Å². The Kier molecular flexibility index (Phi) is 3.88. The molecular weight excluding hydrogens is 298 g/mol. The van der Waals surface area contributed by atoms with Gasteiger partial charge in [-0.3, -0.25) is 0 Å². The minimum Gasteiger partial charge on any atom is -0.381 e. The molecule has 0 aliphatic heterocycles. The maximum atomic E-state index is 3.59. The molecule has 19 heavy (non-hydrogen) atoms. The number of aryl methyl sites for hydroxylation is 1. The van der Waals surface area contributed by atoms with Crippen molar-refractivity contribution in [1.82, 2.24) is 0 Å². The van der Waals surface area contributed by atoms with Gasteiger partial charge in [-0.15, -0.1) is 0 Å². The van der Waals surface area contributed by atoms with Crippen molar-refractivity contribution < 1.29 is 0 Å². The Bertz CT molecular complexity index is 560. The minimum absolute atomic E-state index is 0.893. The van der Waals surface area contributed by atoms with Crippen LogP contribution in [-0.2, 0) is 19.4 Å². The van der Waals surface area contributed by atoms with Crippen LogP contribution in [0.3, 0.4) is 0 Å². The van der Waals surface area contributed by atoms with Gasteiger partial charge in [0.1, 0.15) is 0 Å². The van der Waals surface area contributed by atoms with E-state index in [9.17, 15) is 0 Å². The van der Waals surface area contributed by atoms with Crippen molar-refractivity contribution in [2.75, 3.05) is 5.32 Å². The molecule has 0 spiro atoms. The summed E-state index contributed by atoms with van der Waals surface area (Å²) >= 11 is 3.47. The molecule has 2 heteroatoms. The molecule has 0 saturated carbocycles. The molecule has 0 unspecified atom stereocenters. The van der Waals surface area contributed by atoms with Gasteiger partial charge in [0.05, 0.1) is 0 Å². The van der Waals surface area contributed by atoms with E-state index in [2.05, 4.69) is 63.7 Å². The van der Waals surface area contributed by atoms with E-state index < -0.39 is 0 Å². The zero-order valence-electron chi connectivity index (χ0n) is 11.0. The van der Waals surface area contributed by atoms with Crippen LogP contribution in [0, 0.1) is 0 Å². The first-order valence-corrected chi connectivity index (χ1v) is 7.71. The van der Waals surface area contributed by atoms with Crippen LogP contribution >= 0.6 is 15.9 Å². The first-order valence-electron chi connectivity index (χ1n) is 6.92. The number of hydrogen-bond donors (Lipinski definition) is 1. The average Bonchev–Trinajstić information content (AvgIpc) is 2.47. The molecule has 0 bridgehead atoms. The highest BCUT2D eigenvalue weighted by molar-refractivity contribution is 9.10. The molecule has 0 atom stereocenters. The monoisotopic (exact) mass is 315 g/mol. The zero-order chi connectivity index (χ0) is 13.1. The van der Waals surface area contributed by atoms with Crippen molar-refractivity contribution >= 4 is 21.6 Å². The molecule has 1 aliphatic carbocycles. The van der Waals surface area contributed by atoms with Gasteiger partial charge >= 0.3 is 0 Å². The van der Waals surface area contributed by atoms with Crippen molar-refractivity contribution in [1.29, 1.82) is 0 Å². The fourth-order valence-electron chi connectivity index (χ4n) is 2.75. The predicted molar refractivity (Wildman–Crippen MR) is 84.6 cm³/mol. The van der Waals surface area contributed by atoms with E-state index in [0.717, 1.165) is 11.0 Å². The maximum Gasteiger partial charge on any atom is 0.0400 e. The minimum atomic E-state index is 0.893. The van der Waals surface area contributed by atoms with Gasteiger partial charge in [-0.25, -0.2) is 0 Å². The SMILES string of the molecule is Brc1ccc(CNc2cccc3c2CCCC3)cc1. The lowest BCUT2D eigenvalue weighted by molar-refractivity contribution is 0.686. The van der Waals surface area contributed by atoms with Gasteiger partial charge < -0.3 is 5.32 Å². The van der Waals surface area contributed by atoms with E-state index in [4.69, 9.17) is 0 Å². The van der Waals surface area contributed by atoms with Crippen LogP contribution in [0.1, 0.15) is 29.5 Å². The van der Waals surface area contributed by atoms with E-state index in [0.29, 0.717) is 0 Å². The number of halogens is 1. The van der Waals surface area contributed by atoms with Crippen LogP contribution in [0.15, 0.2) is 46.9 Å². The van der Waals surface area contributed by atoms with Crippen molar-refractivity contribution in [3.8, 4) is 0 Å².